The summed E-state index contributed by atoms with van der Waals surface area (Å²) in [5.41, 5.74) is 0.970. The van der Waals surface area contributed by atoms with Crippen LogP contribution in [0.15, 0.2) is 24.3 Å². The Labute approximate surface area is 106 Å². The van der Waals surface area contributed by atoms with Crippen molar-refractivity contribution in [2.75, 3.05) is 0 Å². The summed E-state index contributed by atoms with van der Waals surface area (Å²) < 4.78 is 28.2. The van der Waals surface area contributed by atoms with Crippen LogP contribution in [0, 0.1) is 18.3 Å². The molecule has 1 atom stereocenters. The molecule has 1 aromatic rings. The quantitative estimate of drug-likeness (QED) is 0.787. The third-order valence-corrected chi connectivity index (χ3v) is 2.52. The van der Waals surface area contributed by atoms with Gasteiger partial charge in [0.25, 0.3) is 0 Å². The zero-order chi connectivity index (χ0) is 13.5. The maximum absolute atomic E-state index is 12.0. The van der Waals surface area contributed by atoms with Gasteiger partial charge in [0.2, 0.25) is 0 Å². The van der Waals surface area contributed by atoms with Crippen LogP contribution in [0.2, 0.25) is 0 Å². The van der Waals surface area contributed by atoms with Crippen molar-refractivity contribution in [1.82, 2.24) is 5.32 Å². The number of ether oxygens (including phenoxy) is 1. The highest BCUT2D eigenvalue weighted by atomic mass is 19.3. The molecule has 0 radical (unpaired) electrons. The van der Waals surface area contributed by atoms with Crippen molar-refractivity contribution in [2.45, 2.75) is 33.0 Å². The maximum Gasteiger partial charge on any atom is 0.387 e. The first-order chi connectivity index (χ1) is 8.52. The number of nitrogens with one attached hydrogen (secondary N) is 1. The van der Waals surface area contributed by atoms with Gasteiger partial charge in [-0.1, -0.05) is 31.9 Å². The molecular weight excluding hydrogens is 236 g/mol. The number of hydrogen-bond donors (Lipinski definition) is 1. The first-order valence-electron chi connectivity index (χ1n) is 5.76. The molecule has 0 amide bonds. The van der Waals surface area contributed by atoms with Crippen molar-refractivity contribution in [3.8, 4) is 18.1 Å². The van der Waals surface area contributed by atoms with Crippen LogP contribution in [0.3, 0.4) is 0 Å². The molecule has 0 bridgehead atoms. The maximum atomic E-state index is 12.0. The van der Waals surface area contributed by atoms with Gasteiger partial charge in [-0.15, -0.1) is 6.42 Å². The van der Waals surface area contributed by atoms with E-state index in [9.17, 15) is 8.78 Å². The lowest BCUT2D eigenvalue weighted by atomic mass is 10.1. The van der Waals surface area contributed by atoms with Crippen molar-refractivity contribution in [3.05, 3.63) is 29.8 Å². The second-order valence-corrected chi connectivity index (χ2v) is 4.29. The van der Waals surface area contributed by atoms with E-state index in [1.807, 2.05) is 13.8 Å². The number of rotatable bonds is 6. The van der Waals surface area contributed by atoms with E-state index in [4.69, 9.17) is 6.42 Å². The molecule has 0 aliphatic rings. The van der Waals surface area contributed by atoms with Crippen molar-refractivity contribution < 1.29 is 13.5 Å². The second-order valence-electron chi connectivity index (χ2n) is 4.29. The normalized spacial score (nSPS) is 12.5. The lowest BCUT2D eigenvalue weighted by Crippen LogP contribution is -2.31. The minimum Gasteiger partial charge on any atom is -0.435 e. The van der Waals surface area contributed by atoms with E-state index in [1.54, 1.807) is 12.1 Å². The van der Waals surface area contributed by atoms with Crippen LogP contribution in [0.5, 0.6) is 5.75 Å². The molecule has 0 aromatic heterocycles. The fourth-order valence-electron chi connectivity index (χ4n) is 1.50. The SMILES string of the molecule is C#CC(NCc1ccc(OC(F)F)cc1)C(C)C. The number of hydrogen-bond acceptors (Lipinski definition) is 2. The molecule has 0 saturated heterocycles. The summed E-state index contributed by atoms with van der Waals surface area (Å²) in [6.45, 7) is 1.89. The molecule has 18 heavy (non-hydrogen) atoms. The summed E-state index contributed by atoms with van der Waals surface area (Å²) in [6, 6.07) is 6.51. The molecule has 1 N–H and O–H groups in total. The Hall–Kier alpha value is -1.60. The Morgan fingerprint density at radius 2 is 1.89 bits per heavy atom. The highest BCUT2D eigenvalue weighted by molar-refractivity contribution is 5.27. The molecule has 0 saturated carbocycles. The summed E-state index contributed by atoms with van der Waals surface area (Å²) in [7, 11) is 0. The monoisotopic (exact) mass is 253 g/mol. The number of terminal acetylenes is 1. The Morgan fingerprint density at radius 3 is 2.33 bits per heavy atom. The van der Waals surface area contributed by atoms with Gasteiger partial charge < -0.3 is 4.74 Å². The van der Waals surface area contributed by atoms with Gasteiger partial charge in [-0.05, 0) is 23.6 Å². The fraction of sp³-hybridized carbons (Fsp3) is 0.429. The number of halogens is 2. The first-order valence-corrected chi connectivity index (χ1v) is 5.76. The predicted molar refractivity (Wildman–Crippen MR) is 67.4 cm³/mol. The molecule has 0 aliphatic heterocycles. The average molecular weight is 253 g/mol. The highest BCUT2D eigenvalue weighted by Gasteiger charge is 2.09. The highest BCUT2D eigenvalue weighted by Crippen LogP contribution is 2.15. The topological polar surface area (TPSA) is 21.3 Å². The van der Waals surface area contributed by atoms with E-state index in [1.165, 1.54) is 12.1 Å². The molecule has 4 heteroatoms. The third-order valence-electron chi connectivity index (χ3n) is 2.52. The minimum atomic E-state index is -2.79. The van der Waals surface area contributed by atoms with Crippen LogP contribution in [-0.2, 0) is 6.54 Å². The van der Waals surface area contributed by atoms with Gasteiger partial charge in [-0.25, -0.2) is 0 Å². The van der Waals surface area contributed by atoms with Crippen LogP contribution in [0.25, 0.3) is 0 Å². The van der Waals surface area contributed by atoms with Crippen LogP contribution in [0.4, 0.5) is 8.78 Å². The largest absolute Gasteiger partial charge is 0.435 e. The minimum absolute atomic E-state index is 0.00184. The van der Waals surface area contributed by atoms with Gasteiger partial charge in [0, 0.05) is 6.54 Å². The predicted octanol–water partition coefficient (Wildman–Crippen LogP) is 3.04. The standard InChI is InChI=1S/C14H17F2NO/c1-4-13(10(2)3)17-9-11-5-7-12(8-6-11)18-14(15)16/h1,5-8,10,13-14,17H,9H2,2-3H3. The molecule has 2 nitrogen and oxygen atoms in total. The first kappa shape index (κ1) is 14.5. The van der Waals surface area contributed by atoms with Crippen LogP contribution in [-0.4, -0.2) is 12.7 Å². The Bertz CT molecular complexity index is 395. The zero-order valence-corrected chi connectivity index (χ0v) is 10.5. The average Bonchev–Trinajstić information content (AvgIpc) is 2.31. The fourth-order valence-corrected chi connectivity index (χ4v) is 1.50. The van der Waals surface area contributed by atoms with Gasteiger partial charge in [-0.2, -0.15) is 8.78 Å². The van der Waals surface area contributed by atoms with E-state index in [-0.39, 0.29) is 11.8 Å². The molecule has 0 aliphatic carbocycles. The molecule has 0 spiro atoms. The summed E-state index contributed by atoms with van der Waals surface area (Å²) >= 11 is 0. The summed E-state index contributed by atoms with van der Waals surface area (Å²) in [6.07, 6.45) is 5.40. The molecule has 0 heterocycles. The van der Waals surface area contributed by atoms with Gasteiger partial charge in [0.15, 0.2) is 0 Å². The van der Waals surface area contributed by atoms with Crippen molar-refractivity contribution >= 4 is 0 Å². The summed E-state index contributed by atoms with van der Waals surface area (Å²) in [5.74, 6) is 3.18. The lowest BCUT2D eigenvalue weighted by molar-refractivity contribution is -0.0498. The van der Waals surface area contributed by atoms with E-state index in [0.29, 0.717) is 12.5 Å². The second kappa shape index (κ2) is 6.97. The molecule has 98 valence electrons. The van der Waals surface area contributed by atoms with Gasteiger partial charge in [0.1, 0.15) is 5.75 Å². The lowest BCUT2D eigenvalue weighted by Gasteiger charge is -2.16. The van der Waals surface area contributed by atoms with E-state index in [2.05, 4.69) is 16.0 Å². The smallest absolute Gasteiger partial charge is 0.387 e. The van der Waals surface area contributed by atoms with E-state index >= 15 is 0 Å². The Balaban J connectivity index is 2.51. The molecular formula is C14H17F2NO. The Kier molecular flexibility index (Phi) is 5.60. The van der Waals surface area contributed by atoms with Crippen LogP contribution < -0.4 is 10.1 Å². The van der Waals surface area contributed by atoms with Gasteiger partial charge in [0.05, 0.1) is 6.04 Å². The number of benzene rings is 1. The zero-order valence-electron chi connectivity index (χ0n) is 10.5. The van der Waals surface area contributed by atoms with Crippen molar-refractivity contribution in [1.29, 1.82) is 0 Å². The third kappa shape index (κ3) is 4.72. The van der Waals surface area contributed by atoms with E-state index < -0.39 is 6.61 Å². The van der Waals surface area contributed by atoms with Gasteiger partial charge in [-0.3, -0.25) is 5.32 Å². The van der Waals surface area contributed by atoms with E-state index in [0.717, 1.165) is 5.56 Å². The van der Waals surface area contributed by atoms with Gasteiger partial charge >= 0.3 is 6.61 Å². The van der Waals surface area contributed by atoms with Crippen molar-refractivity contribution in [2.24, 2.45) is 5.92 Å². The number of alkyl halides is 2. The van der Waals surface area contributed by atoms with Crippen molar-refractivity contribution in [3.63, 3.8) is 0 Å². The molecule has 1 rings (SSSR count). The summed E-state index contributed by atoms with van der Waals surface area (Å²) in [4.78, 5) is 0. The molecule has 1 unspecified atom stereocenters. The molecule has 0 fully saturated rings. The van der Waals surface area contributed by atoms with Crippen LogP contribution >= 0.6 is 0 Å². The van der Waals surface area contributed by atoms with Crippen LogP contribution in [0.1, 0.15) is 19.4 Å². The molecule has 1 aromatic carbocycles. The summed E-state index contributed by atoms with van der Waals surface area (Å²) in [5, 5.41) is 3.22. The Morgan fingerprint density at radius 1 is 1.28 bits per heavy atom.